The number of benzene rings is 1. The van der Waals surface area contributed by atoms with Crippen LogP contribution in [-0.2, 0) is 0 Å². The van der Waals surface area contributed by atoms with Gasteiger partial charge in [0.2, 0.25) is 0 Å². The molecule has 1 aliphatic heterocycles. The molecule has 4 aromatic rings. The number of piperazine rings is 1. The van der Waals surface area contributed by atoms with E-state index in [0.29, 0.717) is 17.0 Å². The van der Waals surface area contributed by atoms with E-state index in [0.717, 1.165) is 69.2 Å². The van der Waals surface area contributed by atoms with Gasteiger partial charge in [-0.2, -0.15) is 5.26 Å². The molecule has 1 saturated heterocycles. The molecule has 3 aromatic heterocycles. The Balaban J connectivity index is 1.20. The molecule has 172 valence electrons. The van der Waals surface area contributed by atoms with Crippen molar-refractivity contribution in [2.45, 2.75) is 12.8 Å². The van der Waals surface area contributed by atoms with Crippen molar-refractivity contribution in [3.63, 3.8) is 0 Å². The molecule has 0 bridgehead atoms. The van der Waals surface area contributed by atoms with Gasteiger partial charge in [-0.1, -0.05) is 18.2 Å². The van der Waals surface area contributed by atoms with Crippen molar-refractivity contribution in [3.05, 3.63) is 72.7 Å². The van der Waals surface area contributed by atoms with Crippen LogP contribution in [0.15, 0.2) is 67.1 Å². The molecule has 0 aliphatic carbocycles. The molecule has 1 aromatic carbocycles. The summed E-state index contributed by atoms with van der Waals surface area (Å²) in [5.74, 6) is 1.64. The van der Waals surface area contributed by atoms with E-state index < -0.39 is 0 Å². The third-order valence-corrected chi connectivity index (χ3v) is 6.12. The summed E-state index contributed by atoms with van der Waals surface area (Å²) in [6.45, 7) is 5.35. The third kappa shape index (κ3) is 4.70. The Morgan fingerprint density at radius 2 is 1.79 bits per heavy atom. The fourth-order valence-corrected chi connectivity index (χ4v) is 4.32. The van der Waals surface area contributed by atoms with Gasteiger partial charge in [0, 0.05) is 50.3 Å². The minimum Gasteiger partial charge on any atom is -0.494 e. The van der Waals surface area contributed by atoms with Gasteiger partial charge >= 0.3 is 0 Å². The predicted molar refractivity (Wildman–Crippen MR) is 131 cm³/mol. The second kappa shape index (κ2) is 10.3. The quantitative estimate of drug-likeness (QED) is 0.377. The fraction of sp³-hybridized carbons (Fsp3) is 0.308. The molecule has 8 heteroatoms. The largest absolute Gasteiger partial charge is 0.494 e. The SMILES string of the molecule is N#Cc1c(N2CCN(CCCCOc3ccccc3)CC2)nn2c(-c3cccnc3)ccnc12. The number of para-hydroxylation sites is 1. The van der Waals surface area contributed by atoms with E-state index in [2.05, 4.69) is 25.8 Å². The summed E-state index contributed by atoms with van der Waals surface area (Å²) >= 11 is 0. The van der Waals surface area contributed by atoms with Crippen molar-refractivity contribution in [3.8, 4) is 23.1 Å². The van der Waals surface area contributed by atoms with Gasteiger partial charge in [-0.05, 0) is 49.7 Å². The number of fused-ring (bicyclic) bond motifs is 1. The smallest absolute Gasteiger partial charge is 0.175 e. The number of nitrogens with zero attached hydrogens (tertiary/aromatic N) is 7. The lowest BCUT2D eigenvalue weighted by Crippen LogP contribution is -2.47. The van der Waals surface area contributed by atoms with Crippen LogP contribution in [0.3, 0.4) is 0 Å². The lowest BCUT2D eigenvalue weighted by atomic mass is 10.2. The van der Waals surface area contributed by atoms with Crippen LogP contribution in [0.25, 0.3) is 16.9 Å². The van der Waals surface area contributed by atoms with Gasteiger partial charge in [0.25, 0.3) is 0 Å². The van der Waals surface area contributed by atoms with E-state index >= 15 is 0 Å². The van der Waals surface area contributed by atoms with Gasteiger partial charge in [0.1, 0.15) is 17.4 Å². The van der Waals surface area contributed by atoms with E-state index in [1.807, 2.05) is 48.5 Å². The lowest BCUT2D eigenvalue weighted by molar-refractivity contribution is 0.238. The average molecular weight is 454 g/mol. The van der Waals surface area contributed by atoms with Crippen molar-refractivity contribution in [1.29, 1.82) is 5.26 Å². The fourth-order valence-electron chi connectivity index (χ4n) is 4.32. The topological polar surface area (TPSA) is 82.6 Å². The summed E-state index contributed by atoms with van der Waals surface area (Å²) in [6, 6.07) is 18.1. The Morgan fingerprint density at radius 3 is 2.56 bits per heavy atom. The molecule has 4 heterocycles. The molecule has 8 nitrogen and oxygen atoms in total. The van der Waals surface area contributed by atoms with Gasteiger partial charge < -0.3 is 9.64 Å². The number of aromatic nitrogens is 4. The molecule has 0 N–H and O–H groups in total. The molecular formula is C26H27N7O. The maximum absolute atomic E-state index is 9.89. The van der Waals surface area contributed by atoms with E-state index in [1.165, 1.54) is 0 Å². The lowest BCUT2D eigenvalue weighted by Gasteiger charge is -2.34. The molecule has 1 aliphatic rings. The summed E-state index contributed by atoms with van der Waals surface area (Å²) in [5.41, 5.74) is 2.92. The summed E-state index contributed by atoms with van der Waals surface area (Å²) in [6.07, 6.45) is 7.40. The zero-order valence-electron chi connectivity index (χ0n) is 19.0. The standard InChI is InChI=1S/C26H27N7O/c27-19-23-25-29-12-10-24(21-7-6-11-28-20-21)33(25)30-26(23)32-16-14-31(15-17-32)13-4-5-18-34-22-8-2-1-3-9-22/h1-3,6-12,20H,4-5,13-18H2. The number of hydrogen-bond acceptors (Lipinski definition) is 7. The number of unbranched alkanes of at least 4 members (excludes halogenated alkanes) is 1. The molecule has 0 unspecified atom stereocenters. The predicted octanol–water partition coefficient (Wildman–Crippen LogP) is 3.64. The molecule has 0 amide bonds. The van der Waals surface area contributed by atoms with E-state index in [1.54, 1.807) is 23.1 Å². The first-order chi connectivity index (χ1) is 16.8. The molecule has 0 spiro atoms. The zero-order chi connectivity index (χ0) is 23.2. The van der Waals surface area contributed by atoms with Gasteiger partial charge in [-0.3, -0.25) is 9.88 Å². The number of rotatable bonds is 8. The van der Waals surface area contributed by atoms with E-state index in [-0.39, 0.29) is 0 Å². The Kier molecular flexibility index (Phi) is 6.64. The third-order valence-electron chi connectivity index (χ3n) is 6.12. The normalized spacial score (nSPS) is 14.3. The summed E-state index contributed by atoms with van der Waals surface area (Å²) < 4.78 is 7.56. The zero-order valence-corrected chi connectivity index (χ0v) is 19.0. The highest BCUT2D eigenvalue weighted by atomic mass is 16.5. The second-order valence-corrected chi connectivity index (χ2v) is 8.31. The average Bonchev–Trinajstić information content (AvgIpc) is 3.29. The van der Waals surface area contributed by atoms with Crippen LogP contribution >= 0.6 is 0 Å². The Labute approximate surface area is 199 Å². The molecule has 0 atom stereocenters. The van der Waals surface area contributed by atoms with E-state index in [9.17, 15) is 5.26 Å². The van der Waals surface area contributed by atoms with Crippen LogP contribution in [0.1, 0.15) is 18.4 Å². The monoisotopic (exact) mass is 453 g/mol. The van der Waals surface area contributed by atoms with Crippen LogP contribution in [0, 0.1) is 11.3 Å². The van der Waals surface area contributed by atoms with Crippen molar-refractivity contribution in [2.75, 3.05) is 44.2 Å². The highest BCUT2D eigenvalue weighted by Gasteiger charge is 2.24. The van der Waals surface area contributed by atoms with Gasteiger partial charge in [0.05, 0.1) is 12.3 Å². The maximum Gasteiger partial charge on any atom is 0.175 e. The molecule has 1 fully saturated rings. The minimum absolute atomic E-state index is 0.525. The van der Waals surface area contributed by atoms with Gasteiger partial charge in [0.15, 0.2) is 11.5 Å². The van der Waals surface area contributed by atoms with Crippen molar-refractivity contribution in [2.24, 2.45) is 0 Å². The molecule has 0 radical (unpaired) electrons. The molecule has 34 heavy (non-hydrogen) atoms. The Morgan fingerprint density at radius 1 is 0.941 bits per heavy atom. The number of anilines is 1. The first-order valence-corrected chi connectivity index (χ1v) is 11.7. The van der Waals surface area contributed by atoms with Crippen molar-refractivity contribution >= 4 is 11.5 Å². The first kappa shape index (κ1) is 21.9. The molecular weight excluding hydrogens is 426 g/mol. The number of ether oxygens (including phenoxy) is 1. The van der Waals surface area contributed by atoms with E-state index in [4.69, 9.17) is 9.84 Å². The van der Waals surface area contributed by atoms with Crippen LogP contribution in [-0.4, -0.2) is 63.8 Å². The van der Waals surface area contributed by atoms with Crippen molar-refractivity contribution < 1.29 is 4.74 Å². The van der Waals surface area contributed by atoms with Crippen LogP contribution in [0.4, 0.5) is 5.82 Å². The number of hydrogen-bond donors (Lipinski definition) is 0. The summed E-state index contributed by atoms with van der Waals surface area (Å²) in [5, 5.41) is 14.7. The summed E-state index contributed by atoms with van der Waals surface area (Å²) in [7, 11) is 0. The molecule has 0 saturated carbocycles. The highest BCUT2D eigenvalue weighted by molar-refractivity contribution is 5.72. The molecule has 5 rings (SSSR count). The van der Waals surface area contributed by atoms with Gasteiger partial charge in [-0.15, -0.1) is 5.10 Å². The highest BCUT2D eigenvalue weighted by Crippen LogP contribution is 2.27. The van der Waals surface area contributed by atoms with Crippen LogP contribution < -0.4 is 9.64 Å². The van der Waals surface area contributed by atoms with Crippen LogP contribution in [0.5, 0.6) is 5.75 Å². The number of pyridine rings is 1. The van der Waals surface area contributed by atoms with Crippen LogP contribution in [0.2, 0.25) is 0 Å². The van der Waals surface area contributed by atoms with Gasteiger partial charge in [-0.25, -0.2) is 9.50 Å². The first-order valence-electron chi connectivity index (χ1n) is 11.7. The Bertz CT molecular complexity index is 1260. The van der Waals surface area contributed by atoms with Crippen molar-refractivity contribution in [1.82, 2.24) is 24.5 Å². The number of nitriles is 1. The minimum atomic E-state index is 0.525. The second-order valence-electron chi connectivity index (χ2n) is 8.31. The summed E-state index contributed by atoms with van der Waals surface area (Å²) in [4.78, 5) is 13.3. The Hall–Kier alpha value is -3.96. The maximum atomic E-state index is 9.89.